The molecule has 1 atom stereocenters. The first-order chi connectivity index (χ1) is 11.1. The van der Waals surface area contributed by atoms with Crippen LogP contribution >= 0.6 is 12.2 Å². The van der Waals surface area contributed by atoms with E-state index in [-0.39, 0.29) is 0 Å². The van der Waals surface area contributed by atoms with E-state index in [1.807, 2.05) is 12.1 Å². The number of hydrogen-bond donors (Lipinski definition) is 3. The topological polar surface area (TPSA) is 28.5 Å². The molecule has 4 heteroatoms. The number of anilines is 1. The Morgan fingerprint density at radius 2 is 1.74 bits per heavy atom. The van der Waals surface area contributed by atoms with Crippen molar-refractivity contribution in [2.45, 2.75) is 19.9 Å². The summed E-state index contributed by atoms with van der Waals surface area (Å²) >= 11 is 5.32. The lowest BCUT2D eigenvalue weighted by atomic mass is 10.2. The highest BCUT2D eigenvalue weighted by Gasteiger charge is 2.03. The van der Waals surface area contributed by atoms with Gasteiger partial charge >= 0.3 is 0 Å². The van der Waals surface area contributed by atoms with Crippen molar-refractivity contribution < 1.29 is 4.90 Å². The normalized spacial score (nSPS) is 11.7. The molecule has 0 spiro atoms. The van der Waals surface area contributed by atoms with Crippen LogP contribution in [-0.4, -0.2) is 25.2 Å². The molecule has 3 nitrogen and oxygen atoms in total. The lowest BCUT2D eigenvalue weighted by molar-refractivity contribution is -0.893. The van der Waals surface area contributed by atoms with E-state index in [2.05, 4.69) is 67.1 Å². The first-order valence-corrected chi connectivity index (χ1v) is 8.51. The van der Waals surface area contributed by atoms with Crippen LogP contribution in [0.15, 0.2) is 54.6 Å². The highest BCUT2D eigenvalue weighted by molar-refractivity contribution is 7.80. The minimum atomic E-state index is 0.689. The van der Waals surface area contributed by atoms with Crippen molar-refractivity contribution in [2.24, 2.45) is 0 Å². The predicted molar refractivity (Wildman–Crippen MR) is 102 cm³/mol. The lowest BCUT2D eigenvalue weighted by Gasteiger charge is -2.15. The summed E-state index contributed by atoms with van der Waals surface area (Å²) in [5.74, 6) is 0. The molecule has 0 radical (unpaired) electrons. The zero-order chi connectivity index (χ0) is 16.5. The van der Waals surface area contributed by atoms with Gasteiger partial charge in [0.2, 0.25) is 0 Å². The van der Waals surface area contributed by atoms with Gasteiger partial charge in [-0.25, -0.2) is 0 Å². The molecular formula is C19H26N3S+. The summed E-state index contributed by atoms with van der Waals surface area (Å²) in [5, 5.41) is 7.17. The van der Waals surface area contributed by atoms with Crippen molar-refractivity contribution in [3.63, 3.8) is 0 Å². The van der Waals surface area contributed by atoms with Crippen LogP contribution in [0.5, 0.6) is 0 Å². The predicted octanol–water partition coefficient (Wildman–Crippen LogP) is 2.39. The second kappa shape index (κ2) is 9.28. The summed E-state index contributed by atoms with van der Waals surface area (Å²) in [6, 6.07) is 18.9. The molecule has 3 N–H and O–H groups in total. The van der Waals surface area contributed by atoms with Crippen LogP contribution in [0.1, 0.15) is 17.5 Å². The number of hydrogen-bond acceptors (Lipinski definition) is 1. The minimum Gasteiger partial charge on any atom is -0.362 e. The van der Waals surface area contributed by atoms with Crippen LogP contribution in [0.2, 0.25) is 0 Å². The molecule has 0 amide bonds. The molecule has 0 aliphatic rings. The highest BCUT2D eigenvalue weighted by Crippen LogP contribution is 2.08. The Hall–Kier alpha value is -1.91. The van der Waals surface area contributed by atoms with Crippen molar-refractivity contribution >= 4 is 23.0 Å². The van der Waals surface area contributed by atoms with Crippen molar-refractivity contribution in [3.05, 3.63) is 65.7 Å². The molecule has 2 aromatic carbocycles. The van der Waals surface area contributed by atoms with E-state index in [1.54, 1.807) is 0 Å². The fourth-order valence-electron chi connectivity index (χ4n) is 2.44. The van der Waals surface area contributed by atoms with Gasteiger partial charge in [0, 0.05) is 24.2 Å². The van der Waals surface area contributed by atoms with E-state index in [0.29, 0.717) is 5.11 Å². The third-order valence-corrected chi connectivity index (χ3v) is 3.97. The number of benzene rings is 2. The standard InChI is InChI=1S/C19H25N3S/c1-16-9-11-18(12-10-16)21-19(23)20-13-6-14-22(2)15-17-7-4-3-5-8-17/h3-5,7-12H,6,13-15H2,1-2H3,(H2,20,21,23)/p+1. The first kappa shape index (κ1) is 17.4. The van der Waals surface area contributed by atoms with Crippen LogP contribution in [0.4, 0.5) is 5.69 Å². The lowest BCUT2D eigenvalue weighted by Crippen LogP contribution is -3.07. The molecule has 2 rings (SSSR count). The van der Waals surface area contributed by atoms with Crippen LogP contribution in [0.25, 0.3) is 0 Å². The van der Waals surface area contributed by atoms with Gasteiger partial charge in [0.1, 0.15) is 6.54 Å². The van der Waals surface area contributed by atoms with Crippen LogP contribution in [0.3, 0.4) is 0 Å². The van der Waals surface area contributed by atoms with E-state index < -0.39 is 0 Å². The summed E-state index contributed by atoms with van der Waals surface area (Å²) in [4.78, 5) is 1.51. The second-order valence-corrected chi connectivity index (χ2v) is 6.38. The third kappa shape index (κ3) is 6.80. The molecule has 122 valence electrons. The van der Waals surface area contributed by atoms with E-state index in [9.17, 15) is 0 Å². The van der Waals surface area contributed by atoms with Crippen molar-refractivity contribution in [1.29, 1.82) is 0 Å². The molecule has 0 saturated carbocycles. The summed E-state index contributed by atoms with van der Waals surface area (Å²) in [6.45, 7) is 5.15. The van der Waals surface area contributed by atoms with Crippen molar-refractivity contribution in [2.75, 3.05) is 25.5 Å². The average molecular weight is 329 g/mol. The van der Waals surface area contributed by atoms with Crippen LogP contribution < -0.4 is 15.5 Å². The quantitative estimate of drug-likeness (QED) is 0.538. The Labute approximate surface area is 144 Å². The highest BCUT2D eigenvalue weighted by atomic mass is 32.1. The largest absolute Gasteiger partial charge is 0.362 e. The Kier molecular flexibility index (Phi) is 7.04. The maximum Gasteiger partial charge on any atom is 0.170 e. The number of nitrogens with one attached hydrogen (secondary N) is 3. The average Bonchev–Trinajstić information content (AvgIpc) is 2.55. The van der Waals surface area contributed by atoms with Gasteiger partial charge in [0.25, 0.3) is 0 Å². The summed E-state index contributed by atoms with van der Waals surface area (Å²) in [7, 11) is 2.23. The molecule has 1 unspecified atom stereocenters. The van der Waals surface area contributed by atoms with E-state index >= 15 is 0 Å². The molecule has 0 saturated heterocycles. The van der Waals surface area contributed by atoms with Crippen LogP contribution in [-0.2, 0) is 6.54 Å². The Balaban J connectivity index is 1.61. The Morgan fingerprint density at radius 1 is 1.04 bits per heavy atom. The fraction of sp³-hybridized carbons (Fsp3) is 0.316. The fourth-order valence-corrected chi connectivity index (χ4v) is 2.66. The van der Waals surface area contributed by atoms with Gasteiger partial charge in [0.15, 0.2) is 5.11 Å². The molecule has 2 aromatic rings. The van der Waals surface area contributed by atoms with Crippen molar-refractivity contribution in [3.8, 4) is 0 Å². The number of aryl methyl sites for hydroxylation is 1. The molecular weight excluding hydrogens is 302 g/mol. The second-order valence-electron chi connectivity index (χ2n) is 5.97. The van der Waals surface area contributed by atoms with Gasteiger partial charge in [-0.1, -0.05) is 48.0 Å². The maximum atomic E-state index is 5.32. The van der Waals surface area contributed by atoms with Gasteiger partial charge in [-0.05, 0) is 31.3 Å². The first-order valence-electron chi connectivity index (χ1n) is 8.10. The molecule has 23 heavy (non-hydrogen) atoms. The summed E-state index contributed by atoms with van der Waals surface area (Å²) in [5.41, 5.74) is 3.66. The Bertz CT molecular complexity index is 596. The SMILES string of the molecule is Cc1ccc(NC(=S)NCCC[NH+](C)Cc2ccccc2)cc1. The molecule has 0 aromatic heterocycles. The summed E-state index contributed by atoms with van der Waals surface area (Å²) < 4.78 is 0. The molecule has 0 aliphatic heterocycles. The van der Waals surface area contributed by atoms with E-state index in [0.717, 1.165) is 31.7 Å². The van der Waals surface area contributed by atoms with Gasteiger partial charge in [0.05, 0.1) is 13.6 Å². The molecule has 0 bridgehead atoms. The number of quaternary nitrogens is 1. The Morgan fingerprint density at radius 3 is 2.43 bits per heavy atom. The minimum absolute atomic E-state index is 0.689. The van der Waals surface area contributed by atoms with Gasteiger partial charge in [-0.15, -0.1) is 0 Å². The molecule has 0 heterocycles. The zero-order valence-corrected chi connectivity index (χ0v) is 14.7. The van der Waals surface area contributed by atoms with Gasteiger partial charge in [-0.3, -0.25) is 0 Å². The van der Waals surface area contributed by atoms with E-state index in [1.165, 1.54) is 16.0 Å². The van der Waals surface area contributed by atoms with Crippen molar-refractivity contribution in [1.82, 2.24) is 5.32 Å². The van der Waals surface area contributed by atoms with E-state index in [4.69, 9.17) is 12.2 Å². The maximum absolute atomic E-state index is 5.32. The third-order valence-electron chi connectivity index (χ3n) is 3.72. The summed E-state index contributed by atoms with van der Waals surface area (Å²) in [6.07, 6.45) is 1.09. The van der Waals surface area contributed by atoms with Crippen LogP contribution in [0, 0.1) is 6.92 Å². The zero-order valence-electron chi connectivity index (χ0n) is 13.9. The molecule has 0 aliphatic carbocycles. The number of rotatable bonds is 7. The monoisotopic (exact) mass is 328 g/mol. The molecule has 0 fully saturated rings. The van der Waals surface area contributed by atoms with Gasteiger partial charge in [-0.2, -0.15) is 0 Å². The van der Waals surface area contributed by atoms with Gasteiger partial charge < -0.3 is 15.5 Å². The number of thiocarbonyl (C=S) groups is 1. The smallest absolute Gasteiger partial charge is 0.170 e.